The molecule has 13 heavy (non-hydrogen) atoms. The quantitative estimate of drug-likeness (QED) is 0.301. The van der Waals surface area contributed by atoms with E-state index < -0.39 is 11.9 Å². The highest BCUT2D eigenvalue weighted by atomic mass is 16.5. The zero-order chi connectivity index (χ0) is 10.3. The Balaban J connectivity index is 4.36. The topological polar surface area (TPSA) is 63.6 Å². The van der Waals surface area contributed by atoms with Crippen molar-refractivity contribution < 1.29 is 19.4 Å². The molecule has 0 atom stereocenters. The van der Waals surface area contributed by atoms with Crippen molar-refractivity contribution in [2.75, 3.05) is 0 Å². The van der Waals surface area contributed by atoms with Gasteiger partial charge < -0.3 is 9.84 Å². The lowest BCUT2D eigenvalue weighted by atomic mass is 10.2. The van der Waals surface area contributed by atoms with E-state index in [1.54, 1.807) is 0 Å². The van der Waals surface area contributed by atoms with Crippen LogP contribution in [0.4, 0.5) is 0 Å². The lowest BCUT2D eigenvalue weighted by Gasteiger charge is -1.96. The van der Waals surface area contributed by atoms with Gasteiger partial charge in [-0.3, -0.25) is 4.79 Å². The summed E-state index contributed by atoms with van der Waals surface area (Å²) in [4.78, 5) is 21.0. The molecule has 0 saturated heterocycles. The summed E-state index contributed by atoms with van der Waals surface area (Å²) < 4.78 is 4.36. The van der Waals surface area contributed by atoms with E-state index >= 15 is 0 Å². The minimum absolute atomic E-state index is 0.254. The number of hydrogen-bond donors (Lipinski definition) is 1. The van der Waals surface area contributed by atoms with Crippen LogP contribution in [0.3, 0.4) is 0 Å². The number of aliphatic carboxylic acids is 1. The number of carboxylic acids is 1. The standard InChI is InChI=1S/C9H10O4/c1-3-7(5-8(10)11)6-9(12)13-4-2/h3-4,6H,1-2,5H2,(H,10,11). The van der Waals surface area contributed by atoms with E-state index in [1.807, 2.05) is 0 Å². The summed E-state index contributed by atoms with van der Waals surface area (Å²) in [6, 6.07) is 0. The Morgan fingerprint density at radius 1 is 1.38 bits per heavy atom. The Bertz CT molecular complexity index is 263. The Kier molecular flexibility index (Phi) is 4.95. The highest BCUT2D eigenvalue weighted by Gasteiger charge is 2.03. The fourth-order valence-electron chi connectivity index (χ4n) is 0.624. The third-order valence-electron chi connectivity index (χ3n) is 1.12. The van der Waals surface area contributed by atoms with Crippen LogP contribution in [0.15, 0.2) is 37.1 Å². The maximum atomic E-state index is 10.8. The average molecular weight is 182 g/mol. The van der Waals surface area contributed by atoms with Crippen LogP contribution in [0.1, 0.15) is 6.42 Å². The number of carbonyl (C=O) groups is 2. The molecule has 0 unspecified atom stereocenters. The number of ether oxygens (including phenoxy) is 1. The van der Waals surface area contributed by atoms with Crippen LogP contribution in [0.2, 0.25) is 0 Å². The normalized spacial score (nSPS) is 10.3. The van der Waals surface area contributed by atoms with Crippen LogP contribution in [0.25, 0.3) is 0 Å². The number of rotatable bonds is 5. The Morgan fingerprint density at radius 2 is 2.00 bits per heavy atom. The van der Waals surface area contributed by atoms with E-state index in [0.29, 0.717) is 5.57 Å². The molecule has 0 radical (unpaired) electrons. The average Bonchev–Trinajstić information content (AvgIpc) is 2.02. The second kappa shape index (κ2) is 5.77. The van der Waals surface area contributed by atoms with Crippen molar-refractivity contribution in [1.29, 1.82) is 0 Å². The highest BCUT2D eigenvalue weighted by Crippen LogP contribution is 2.02. The molecule has 0 heterocycles. The largest absolute Gasteiger partial charge is 0.481 e. The van der Waals surface area contributed by atoms with Crippen molar-refractivity contribution in [2.45, 2.75) is 6.42 Å². The monoisotopic (exact) mass is 182 g/mol. The van der Waals surface area contributed by atoms with Gasteiger partial charge in [0, 0.05) is 6.08 Å². The first-order valence-corrected chi connectivity index (χ1v) is 3.46. The SMILES string of the molecule is C=COC(=O)C=C(C=C)CC(=O)O. The summed E-state index contributed by atoms with van der Waals surface area (Å²) in [5.74, 6) is -1.69. The van der Waals surface area contributed by atoms with Crippen molar-refractivity contribution in [3.8, 4) is 0 Å². The van der Waals surface area contributed by atoms with E-state index in [-0.39, 0.29) is 6.42 Å². The molecule has 4 nitrogen and oxygen atoms in total. The van der Waals surface area contributed by atoms with Crippen molar-refractivity contribution >= 4 is 11.9 Å². The lowest BCUT2D eigenvalue weighted by Crippen LogP contribution is -2.00. The van der Waals surface area contributed by atoms with E-state index in [0.717, 1.165) is 12.3 Å². The molecule has 0 aliphatic rings. The summed E-state index contributed by atoms with van der Waals surface area (Å²) in [5.41, 5.74) is 0.291. The molecule has 0 rings (SSSR count). The molecule has 1 N–H and O–H groups in total. The molecule has 0 fully saturated rings. The first kappa shape index (κ1) is 11.2. The number of carboxylic acid groups (broad SMARTS) is 1. The molecule has 0 amide bonds. The van der Waals surface area contributed by atoms with Crippen LogP contribution in [-0.4, -0.2) is 17.0 Å². The third kappa shape index (κ3) is 5.43. The Labute approximate surface area is 75.8 Å². The smallest absolute Gasteiger partial charge is 0.335 e. The van der Waals surface area contributed by atoms with E-state index in [1.165, 1.54) is 6.08 Å². The second-order valence-corrected chi connectivity index (χ2v) is 2.10. The van der Waals surface area contributed by atoms with Crippen LogP contribution in [0, 0.1) is 0 Å². The van der Waals surface area contributed by atoms with Gasteiger partial charge in [-0.05, 0) is 5.57 Å². The minimum atomic E-state index is -1.03. The van der Waals surface area contributed by atoms with E-state index in [9.17, 15) is 9.59 Å². The van der Waals surface area contributed by atoms with E-state index in [4.69, 9.17) is 5.11 Å². The molecular formula is C9H10O4. The number of carbonyl (C=O) groups excluding carboxylic acids is 1. The van der Waals surface area contributed by atoms with Gasteiger partial charge in [-0.25, -0.2) is 4.79 Å². The van der Waals surface area contributed by atoms with Crippen molar-refractivity contribution in [1.82, 2.24) is 0 Å². The zero-order valence-corrected chi connectivity index (χ0v) is 7.03. The summed E-state index contributed by atoms with van der Waals surface area (Å²) in [5, 5.41) is 8.40. The summed E-state index contributed by atoms with van der Waals surface area (Å²) in [6.07, 6.45) is 3.07. The predicted octanol–water partition coefficient (Wildman–Crippen LogP) is 1.26. The van der Waals surface area contributed by atoms with Gasteiger partial charge >= 0.3 is 11.9 Å². The predicted molar refractivity (Wildman–Crippen MR) is 46.8 cm³/mol. The molecule has 70 valence electrons. The lowest BCUT2D eigenvalue weighted by molar-refractivity contribution is -0.136. The van der Waals surface area contributed by atoms with Crippen molar-refractivity contribution in [3.05, 3.63) is 37.1 Å². The number of hydrogen-bond acceptors (Lipinski definition) is 3. The summed E-state index contributed by atoms with van der Waals surface area (Å²) in [7, 11) is 0. The van der Waals surface area contributed by atoms with Crippen LogP contribution in [-0.2, 0) is 14.3 Å². The molecule has 0 aliphatic carbocycles. The molecule has 4 heteroatoms. The van der Waals surface area contributed by atoms with Crippen LogP contribution in [0.5, 0.6) is 0 Å². The molecule has 0 aromatic carbocycles. The molecule has 0 spiro atoms. The highest BCUT2D eigenvalue weighted by molar-refractivity contribution is 5.85. The number of esters is 1. The molecule has 0 bridgehead atoms. The third-order valence-corrected chi connectivity index (χ3v) is 1.12. The maximum Gasteiger partial charge on any atom is 0.335 e. The fourth-order valence-corrected chi connectivity index (χ4v) is 0.624. The van der Waals surface area contributed by atoms with Crippen LogP contribution >= 0.6 is 0 Å². The Morgan fingerprint density at radius 3 is 2.38 bits per heavy atom. The molecule has 0 aromatic rings. The van der Waals surface area contributed by atoms with Crippen molar-refractivity contribution in [3.63, 3.8) is 0 Å². The van der Waals surface area contributed by atoms with Gasteiger partial charge in [0.2, 0.25) is 0 Å². The van der Waals surface area contributed by atoms with Gasteiger partial charge in [0.05, 0.1) is 12.7 Å². The van der Waals surface area contributed by atoms with Gasteiger partial charge in [-0.1, -0.05) is 19.2 Å². The second-order valence-electron chi connectivity index (χ2n) is 2.10. The molecule has 0 saturated carbocycles. The van der Waals surface area contributed by atoms with Gasteiger partial charge in [-0.15, -0.1) is 0 Å². The first-order chi connectivity index (χ1) is 6.10. The van der Waals surface area contributed by atoms with Crippen molar-refractivity contribution in [2.24, 2.45) is 0 Å². The minimum Gasteiger partial charge on any atom is -0.481 e. The number of allylic oxidation sites excluding steroid dienone is 1. The first-order valence-electron chi connectivity index (χ1n) is 3.46. The zero-order valence-electron chi connectivity index (χ0n) is 7.03. The Hall–Kier alpha value is -1.84. The summed E-state index contributed by atoms with van der Waals surface area (Å²) >= 11 is 0. The molecule has 0 aliphatic heterocycles. The van der Waals surface area contributed by atoms with Gasteiger partial charge in [-0.2, -0.15) is 0 Å². The summed E-state index contributed by atoms with van der Waals surface area (Å²) in [6.45, 7) is 6.54. The van der Waals surface area contributed by atoms with E-state index in [2.05, 4.69) is 17.9 Å². The maximum absolute atomic E-state index is 10.8. The van der Waals surface area contributed by atoms with Gasteiger partial charge in [0.25, 0.3) is 0 Å². The molecular weight excluding hydrogens is 172 g/mol. The van der Waals surface area contributed by atoms with Gasteiger partial charge in [0.15, 0.2) is 0 Å². The van der Waals surface area contributed by atoms with Gasteiger partial charge in [0.1, 0.15) is 0 Å². The molecule has 0 aromatic heterocycles. The fraction of sp³-hybridized carbons (Fsp3) is 0.111. The van der Waals surface area contributed by atoms with Crippen LogP contribution < -0.4 is 0 Å².